The second-order valence-electron chi connectivity index (χ2n) is 8.90. The van der Waals surface area contributed by atoms with Crippen LogP contribution in [-0.4, -0.2) is 49.5 Å². The van der Waals surface area contributed by atoms with Crippen LogP contribution < -0.4 is 5.32 Å². The topological polar surface area (TPSA) is 92.8 Å². The molecule has 2 atom stereocenters. The van der Waals surface area contributed by atoms with Crippen molar-refractivity contribution in [2.45, 2.75) is 58.5 Å². The van der Waals surface area contributed by atoms with Crippen LogP contribution in [0.1, 0.15) is 58.2 Å². The molecule has 30 heavy (non-hydrogen) atoms. The number of allylic oxidation sites excluding steroid dienone is 1. The van der Waals surface area contributed by atoms with Crippen LogP contribution in [0.3, 0.4) is 0 Å². The number of hydrogen-bond acceptors (Lipinski definition) is 5. The molecule has 1 fully saturated rings. The lowest BCUT2D eigenvalue weighted by atomic mass is 9.85. The first-order valence-corrected chi connectivity index (χ1v) is 12.0. The van der Waals surface area contributed by atoms with Gasteiger partial charge in [-0.3, -0.25) is 4.90 Å². The van der Waals surface area contributed by atoms with Crippen molar-refractivity contribution >= 4 is 21.8 Å². The molecule has 0 unspecified atom stereocenters. The summed E-state index contributed by atoms with van der Waals surface area (Å²) in [5.41, 5.74) is 2.69. The van der Waals surface area contributed by atoms with E-state index in [1.807, 2.05) is 24.3 Å². The number of benzene rings is 1. The van der Waals surface area contributed by atoms with Crippen molar-refractivity contribution in [1.29, 1.82) is 0 Å². The third-order valence-corrected chi connectivity index (χ3v) is 7.46. The number of hydrogen-bond donors (Lipinski definition) is 1. The van der Waals surface area contributed by atoms with Crippen LogP contribution in [0.5, 0.6) is 0 Å². The van der Waals surface area contributed by atoms with Crippen molar-refractivity contribution in [2.24, 2.45) is 0 Å². The van der Waals surface area contributed by atoms with Crippen LogP contribution in [0.25, 0.3) is 0 Å². The molecule has 0 aliphatic carbocycles. The van der Waals surface area contributed by atoms with E-state index in [0.717, 1.165) is 11.1 Å². The SMILES string of the molecule is CCOC(=O)C1=C(C)N([C@@H]2CCS(=O)(=O)C2)C(=O)N[C@H]1c1ccc(C(C)(C)C)cc1. The van der Waals surface area contributed by atoms with E-state index in [4.69, 9.17) is 4.74 Å². The highest BCUT2D eigenvalue weighted by molar-refractivity contribution is 7.91. The Balaban J connectivity index is 2.03. The lowest BCUT2D eigenvalue weighted by Crippen LogP contribution is -2.52. The monoisotopic (exact) mass is 434 g/mol. The highest BCUT2D eigenvalue weighted by Gasteiger charge is 2.42. The number of ether oxygens (including phenoxy) is 1. The first kappa shape index (κ1) is 22.3. The van der Waals surface area contributed by atoms with E-state index in [2.05, 4.69) is 26.1 Å². The molecule has 0 saturated carbocycles. The Morgan fingerprint density at radius 3 is 2.37 bits per heavy atom. The Kier molecular flexibility index (Phi) is 6.00. The van der Waals surface area contributed by atoms with Gasteiger partial charge >= 0.3 is 12.0 Å². The summed E-state index contributed by atoms with van der Waals surface area (Å²) in [6, 6.07) is 6.28. The van der Waals surface area contributed by atoms with E-state index in [-0.39, 0.29) is 23.5 Å². The molecule has 1 saturated heterocycles. The number of carbonyl (C=O) groups excluding carboxylic acids is 2. The van der Waals surface area contributed by atoms with E-state index in [0.29, 0.717) is 17.7 Å². The van der Waals surface area contributed by atoms with Gasteiger partial charge < -0.3 is 10.1 Å². The van der Waals surface area contributed by atoms with E-state index < -0.39 is 33.9 Å². The second kappa shape index (κ2) is 8.06. The van der Waals surface area contributed by atoms with Gasteiger partial charge in [0.2, 0.25) is 0 Å². The summed E-state index contributed by atoms with van der Waals surface area (Å²) in [4.78, 5) is 27.2. The van der Waals surface area contributed by atoms with Gasteiger partial charge in [0.25, 0.3) is 0 Å². The van der Waals surface area contributed by atoms with Gasteiger partial charge in [0.1, 0.15) is 0 Å². The first-order chi connectivity index (χ1) is 13.9. The molecule has 1 aromatic carbocycles. The summed E-state index contributed by atoms with van der Waals surface area (Å²) in [6.45, 7) is 9.97. The lowest BCUT2D eigenvalue weighted by Gasteiger charge is -2.38. The molecule has 0 bridgehead atoms. The standard InChI is InChI=1S/C22H30N2O5S/c1-6-29-20(25)18-14(2)24(17-11-12-30(27,28)13-17)21(26)23-19(18)15-7-9-16(10-8-15)22(3,4)5/h7-10,17,19H,6,11-13H2,1-5H3,(H,23,26)/t17-,19+/m1/s1. The van der Waals surface area contributed by atoms with Crippen LogP contribution in [0.4, 0.5) is 4.79 Å². The number of esters is 1. The van der Waals surface area contributed by atoms with Gasteiger partial charge in [-0.25, -0.2) is 18.0 Å². The quantitative estimate of drug-likeness (QED) is 0.735. The average molecular weight is 435 g/mol. The largest absolute Gasteiger partial charge is 0.463 e. The number of nitrogens with one attached hydrogen (secondary N) is 1. The third kappa shape index (κ3) is 4.38. The smallest absolute Gasteiger partial charge is 0.338 e. The summed E-state index contributed by atoms with van der Waals surface area (Å²) >= 11 is 0. The van der Waals surface area contributed by atoms with E-state index in [1.54, 1.807) is 13.8 Å². The summed E-state index contributed by atoms with van der Waals surface area (Å²) in [5.74, 6) is -0.564. The van der Waals surface area contributed by atoms with Gasteiger partial charge in [0.15, 0.2) is 9.84 Å². The minimum absolute atomic E-state index is 0.0190. The molecule has 8 heteroatoms. The van der Waals surface area contributed by atoms with Crippen LogP contribution in [0, 0.1) is 0 Å². The molecule has 2 amide bonds. The predicted molar refractivity (Wildman–Crippen MR) is 115 cm³/mol. The normalized spacial score (nSPS) is 24.0. The van der Waals surface area contributed by atoms with Crippen molar-refractivity contribution in [3.8, 4) is 0 Å². The zero-order valence-electron chi connectivity index (χ0n) is 18.2. The van der Waals surface area contributed by atoms with Gasteiger partial charge in [0.05, 0.1) is 35.8 Å². The van der Waals surface area contributed by atoms with Gasteiger partial charge in [-0.05, 0) is 36.8 Å². The second-order valence-corrected chi connectivity index (χ2v) is 11.1. The Morgan fingerprint density at radius 2 is 1.87 bits per heavy atom. The van der Waals surface area contributed by atoms with Crippen LogP contribution in [0.15, 0.2) is 35.5 Å². The zero-order valence-corrected chi connectivity index (χ0v) is 19.0. The summed E-state index contributed by atoms with van der Waals surface area (Å²) in [5, 5.41) is 2.90. The van der Waals surface area contributed by atoms with Crippen LogP contribution in [-0.2, 0) is 24.8 Å². The fourth-order valence-electron chi connectivity index (χ4n) is 4.07. The minimum atomic E-state index is -3.18. The molecule has 2 aliphatic heterocycles. The molecule has 0 radical (unpaired) electrons. The molecule has 0 spiro atoms. The number of carbonyl (C=O) groups is 2. The molecule has 164 valence electrons. The first-order valence-electron chi connectivity index (χ1n) is 10.2. The highest BCUT2D eigenvalue weighted by atomic mass is 32.2. The maximum Gasteiger partial charge on any atom is 0.338 e. The fraction of sp³-hybridized carbons (Fsp3) is 0.545. The maximum absolute atomic E-state index is 13.0. The van der Waals surface area contributed by atoms with Gasteiger partial charge in [-0.1, -0.05) is 45.0 Å². The number of nitrogens with zero attached hydrogens (tertiary/aromatic N) is 1. The van der Waals surface area contributed by atoms with Crippen LogP contribution in [0.2, 0.25) is 0 Å². The summed E-state index contributed by atoms with van der Waals surface area (Å²) in [6.07, 6.45) is 0.355. The minimum Gasteiger partial charge on any atom is -0.463 e. The lowest BCUT2D eigenvalue weighted by molar-refractivity contribution is -0.139. The molecule has 2 heterocycles. The van der Waals surface area contributed by atoms with Crippen molar-refractivity contribution in [1.82, 2.24) is 10.2 Å². The van der Waals surface area contributed by atoms with E-state index in [9.17, 15) is 18.0 Å². The molecule has 2 aliphatic rings. The molecule has 0 aromatic heterocycles. The van der Waals surface area contributed by atoms with Crippen LogP contribution >= 0.6 is 0 Å². The predicted octanol–water partition coefficient (Wildman–Crippen LogP) is 3.07. The maximum atomic E-state index is 13.0. The third-order valence-electron chi connectivity index (χ3n) is 5.71. The molecule has 3 rings (SSSR count). The Morgan fingerprint density at radius 1 is 1.23 bits per heavy atom. The van der Waals surface area contributed by atoms with Crippen molar-refractivity contribution in [2.75, 3.05) is 18.1 Å². The molecular weight excluding hydrogens is 404 g/mol. The highest BCUT2D eigenvalue weighted by Crippen LogP contribution is 2.35. The molecule has 7 nitrogen and oxygen atoms in total. The van der Waals surface area contributed by atoms with Gasteiger partial charge in [-0.15, -0.1) is 0 Å². The summed E-state index contributed by atoms with van der Waals surface area (Å²) in [7, 11) is -3.18. The summed E-state index contributed by atoms with van der Waals surface area (Å²) < 4.78 is 29.2. The van der Waals surface area contributed by atoms with Gasteiger partial charge in [0, 0.05) is 5.70 Å². The van der Waals surface area contributed by atoms with Crippen molar-refractivity contribution in [3.63, 3.8) is 0 Å². The Bertz CT molecular complexity index is 974. The van der Waals surface area contributed by atoms with Gasteiger partial charge in [-0.2, -0.15) is 0 Å². The fourth-order valence-corrected chi connectivity index (χ4v) is 5.77. The molecule has 1 aromatic rings. The van der Waals surface area contributed by atoms with Crippen molar-refractivity contribution in [3.05, 3.63) is 46.7 Å². The number of urea groups is 1. The zero-order chi connectivity index (χ0) is 22.3. The molecule has 1 N–H and O–H groups in total. The number of sulfone groups is 1. The Labute approximate surface area is 178 Å². The average Bonchev–Trinajstić information content (AvgIpc) is 3.00. The Hall–Kier alpha value is -2.35. The number of amides is 2. The van der Waals surface area contributed by atoms with Crippen molar-refractivity contribution < 1.29 is 22.7 Å². The molecular formula is C22H30N2O5S. The number of rotatable bonds is 4. The van der Waals surface area contributed by atoms with E-state index >= 15 is 0 Å². The van der Waals surface area contributed by atoms with E-state index in [1.165, 1.54) is 4.90 Å².